The zero-order chi connectivity index (χ0) is 18.3. The molecule has 4 heterocycles. The minimum Gasteiger partial charge on any atom is -0.439 e. The molecule has 1 aliphatic heterocycles. The lowest BCUT2D eigenvalue weighted by Gasteiger charge is -2.24. The molecule has 0 aromatic carbocycles. The fraction of sp³-hybridized carbons (Fsp3) is 0.476. The largest absolute Gasteiger partial charge is 0.439 e. The van der Waals surface area contributed by atoms with E-state index in [0.717, 1.165) is 42.2 Å². The van der Waals surface area contributed by atoms with Crippen LogP contribution in [-0.4, -0.2) is 32.9 Å². The number of pyridine rings is 2. The number of hydrogen-bond donors (Lipinski definition) is 0. The summed E-state index contributed by atoms with van der Waals surface area (Å²) in [7, 11) is 0. The average molecular weight is 350 g/mol. The van der Waals surface area contributed by atoms with Crippen LogP contribution < -0.4 is 0 Å². The molecular weight excluding hydrogens is 324 g/mol. The molecule has 2 atom stereocenters. The van der Waals surface area contributed by atoms with Crippen LogP contribution in [0.2, 0.25) is 0 Å². The molecule has 0 bridgehead atoms. The summed E-state index contributed by atoms with van der Waals surface area (Å²) in [6.45, 7) is 10.5. The van der Waals surface area contributed by atoms with E-state index in [1.54, 1.807) is 0 Å². The first-order valence-electron chi connectivity index (χ1n) is 9.40. The van der Waals surface area contributed by atoms with E-state index in [2.05, 4.69) is 53.8 Å². The summed E-state index contributed by atoms with van der Waals surface area (Å²) >= 11 is 0. The monoisotopic (exact) mass is 350 g/mol. The van der Waals surface area contributed by atoms with Gasteiger partial charge in [0.15, 0.2) is 17.1 Å². The van der Waals surface area contributed by atoms with E-state index in [1.807, 2.05) is 13.0 Å². The van der Waals surface area contributed by atoms with E-state index in [4.69, 9.17) is 9.40 Å². The van der Waals surface area contributed by atoms with Crippen LogP contribution in [0.4, 0.5) is 0 Å². The van der Waals surface area contributed by atoms with E-state index in [9.17, 15) is 0 Å². The Morgan fingerprint density at radius 1 is 1.12 bits per heavy atom. The Morgan fingerprint density at radius 2 is 1.88 bits per heavy atom. The summed E-state index contributed by atoms with van der Waals surface area (Å²) in [5.41, 5.74) is 6.19. The number of rotatable bonds is 4. The summed E-state index contributed by atoms with van der Waals surface area (Å²) in [6.07, 6.45) is 2.36. The Labute approximate surface area is 154 Å². The van der Waals surface area contributed by atoms with Gasteiger partial charge in [0.2, 0.25) is 0 Å². The third-order valence-corrected chi connectivity index (χ3v) is 5.34. The van der Waals surface area contributed by atoms with Gasteiger partial charge in [-0.25, -0.2) is 4.98 Å². The minimum atomic E-state index is 0.294. The van der Waals surface area contributed by atoms with Crippen molar-refractivity contribution in [3.63, 3.8) is 0 Å². The van der Waals surface area contributed by atoms with Crippen LogP contribution in [0.1, 0.15) is 47.9 Å². The van der Waals surface area contributed by atoms with Crippen molar-refractivity contribution in [1.82, 2.24) is 19.9 Å². The number of nitrogens with zero attached hydrogens (tertiary/aromatic N) is 4. The molecule has 3 aromatic heterocycles. The van der Waals surface area contributed by atoms with Crippen LogP contribution in [-0.2, 0) is 6.42 Å². The third-order valence-electron chi connectivity index (χ3n) is 5.34. The molecule has 0 radical (unpaired) electrons. The van der Waals surface area contributed by atoms with Crippen molar-refractivity contribution in [2.24, 2.45) is 5.92 Å². The number of aryl methyl sites for hydroxylation is 3. The highest BCUT2D eigenvalue weighted by atomic mass is 16.3. The van der Waals surface area contributed by atoms with Crippen molar-refractivity contribution in [3.8, 4) is 0 Å². The van der Waals surface area contributed by atoms with Crippen molar-refractivity contribution >= 4 is 11.2 Å². The molecule has 136 valence electrons. The number of fused-ring (bicyclic) bond motifs is 1. The lowest BCUT2D eigenvalue weighted by atomic mass is 9.98. The highest BCUT2D eigenvalue weighted by molar-refractivity contribution is 5.67. The minimum absolute atomic E-state index is 0.294. The van der Waals surface area contributed by atoms with Gasteiger partial charge in [0.1, 0.15) is 0 Å². The lowest BCUT2D eigenvalue weighted by molar-refractivity contribution is 0.248. The first kappa shape index (κ1) is 17.2. The molecule has 0 aliphatic carbocycles. The predicted octanol–water partition coefficient (Wildman–Crippen LogP) is 4.17. The van der Waals surface area contributed by atoms with Gasteiger partial charge in [0.05, 0.1) is 5.69 Å². The van der Waals surface area contributed by atoms with Crippen molar-refractivity contribution in [2.75, 3.05) is 13.1 Å². The van der Waals surface area contributed by atoms with Gasteiger partial charge in [-0.3, -0.25) is 9.88 Å². The van der Waals surface area contributed by atoms with Gasteiger partial charge in [-0.05, 0) is 75.9 Å². The quantitative estimate of drug-likeness (QED) is 0.707. The number of oxazole rings is 1. The second-order valence-electron chi connectivity index (χ2n) is 7.58. The summed E-state index contributed by atoms with van der Waals surface area (Å²) in [6, 6.07) is 8.80. The molecule has 5 heteroatoms. The zero-order valence-electron chi connectivity index (χ0n) is 16.0. The van der Waals surface area contributed by atoms with E-state index >= 15 is 0 Å². The van der Waals surface area contributed by atoms with Gasteiger partial charge in [-0.1, -0.05) is 0 Å². The molecule has 5 nitrogen and oxygen atoms in total. The molecule has 3 aromatic rings. The Morgan fingerprint density at radius 3 is 2.65 bits per heavy atom. The number of likely N-dealkylation sites (tertiary alicyclic amines) is 1. The van der Waals surface area contributed by atoms with Crippen molar-refractivity contribution in [1.29, 1.82) is 0 Å². The molecule has 0 spiro atoms. The SMILES string of the molecule is Cc1cc(CC2CCN([C@@H](C)c3ccc4oc(C)nc4n3)C2)cc(C)n1. The molecule has 1 fully saturated rings. The topological polar surface area (TPSA) is 55.1 Å². The fourth-order valence-corrected chi connectivity index (χ4v) is 4.11. The standard InChI is InChI=1S/C21H26N4O/c1-13-9-18(10-14(2)22-13)11-17-7-8-25(12-17)15(3)19-5-6-20-21(24-19)23-16(4)26-20/h5-6,9-10,15,17H,7-8,11-12H2,1-4H3/t15-,17?/m0/s1. The fourth-order valence-electron chi connectivity index (χ4n) is 4.11. The number of aromatic nitrogens is 3. The van der Waals surface area contributed by atoms with Gasteiger partial charge >= 0.3 is 0 Å². The van der Waals surface area contributed by atoms with E-state index in [0.29, 0.717) is 23.5 Å². The second kappa shape index (κ2) is 6.80. The van der Waals surface area contributed by atoms with Crippen LogP contribution >= 0.6 is 0 Å². The van der Waals surface area contributed by atoms with Crippen LogP contribution in [0, 0.1) is 26.7 Å². The first-order valence-corrected chi connectivity index (χ1v) is 9.40. The summed E-state index contributed by atoms with van der Waals surface area (Å²) in [5.74, 6) is 1.36. The maximum Gasteiger partial charge on any atom is 0.199 e. The first-order chi connectivity index (χ1) is 12.5. The summed E-state index contributed by atoms with van der Waals surface area (Å²) in [4.78, 5) is 16.1. The maximum atomic E-state index is 5.54. The van der Waals surface area contributed by atoms with Gasteiger partial charge < -0.3 is 4.42 Å². The van der Waals surface area contributed by atoms with E-state index < -0.39 is 0 Å². The summed E-state index contributed by atoms with van der Waals surface area (Å²) in [5, 5.41) is 0. The van der Waals surface area contributed by atoms with Gasteiger partial charge in [0.25, 0.3) is 0 Å². The summed E-state index contributed by atoms with van der Waals surface area (Å²) < 4.78 is 5.54. The molecule has 0 N–H and O–H groups in total. The molecule has 0 saturated carbocycles. The number of hydrogen-bond acceptors (Lipinski definition) is 5. The van der Waals surface area contributed by atoms with Crippen molar-refractivity contribution in [3.05, 3.63) is 52.8 Å². The second-order valence-corrected chi connectivity index (χ2v) is 7.58. The normalized spacial score (nSPS) is 19.3. The molecule has 4 rings (SSSR count). The third kappa shape index (κ3) is 3.49. The van der Waals surface area contributed by atoms with Crippen LogP contribution in [0.3, 0.4) is 0 Å². The predicted molar refractivity (Wildman–Crippen MR) is 102 cm³/mol. The molecule has 1 saturated heterocycles. The van der Waals surface area contributed by atoms with Crippen LogP contribution in [0.25, 0.3) is 11.2 Å². The maximum absolute atomic E-state index is 5.54. The molecule has 1 aliphatic rings. The highest BCUT2D eigenvalue weighted by Crippen LogP contribution is 2.29. The zero-order valence-corrected chi connectivity index (χ0v) is 16.0. The molecule has 26 heavy (non-hydrogen) atoms. The van der Waals surface area contributed by atoms with E-state index in [-0.39, 0.29) is 0 Å². The van der Waals surface area contributed by atoms with Crippen molar-refractivity contribution < 1.29 is 4.42 Å². The highest BCUT2D eigenvalue weighted by Gasteiger charge is 2.28. The van der Waals surface area contributed by atoms with Gasteiger partial charge in [-0.2, -0.15) is 4.98 Å². The van der Waals surface area contributed by atoms with Crippen LogP contribution in [0.5, 0.6) is 0 Å². The van der Waals surface area contributed by atoms with Crippen LogP contribution in [0.15, 0.2) is 28.7 Å². The Balaban J connectivity index is 1.45. The van der Waals surface area contributed by atoms with Gasteiger partial charge in [0, 0.05) is 30.9 Å². The van der Waals surface area contributed by atoms with E-state index in [1.165, 1.54) is 12.0 Å². The lowest BCUT2D eigenvalue weighted by Crippen LogP contribution is -2.25. The van der Waals surface area contributed by atoms with Crippen molar-refractivity contribution in [2.45, 2.75) is 46.6 Å². The van der Waals surface area contributed by atoms with Gasteiger partial charge in [-0.15, -0.1) is 0 Å². The molecule has 1 unspecified atom stereocenters. The Kier molecular flexibility index (Phi) is 4.49. The Hall–Kier alpha value is -2.27. The smallest absolute Gasteiger partial charge is 0.199 e. The average Bonchev–Trinajstić information content (AvgIpc) is 3.17. The Bertz CT molecular complexity index is 913. The molecule has 0 amide bonds. The molecular formula is C21H26N4O.